The van der Waals surface area contributed by atoms with Gasteiger partial charge in [0.05, 0.1) is 17.3 Å². The van der Waals surface area contributed by atoms with Crippen molar-refractivity contribution in [2.24, 2.45) is 0 Å². The summed E-state index contributed by atoms with van der Waals surface area (Å²) in [4.78, 5) is 12.4. The molecule has 0 bridgehead atoms. The standard InChI is InChI=1S/C26H22Cl2N4OS/c1-18-6-5-9-20(14-18)17-34-26-31-30-24(32(26)23-15-21(27)11-12-22(23)28)16-29-25(33)13-10-19-7-3-2-4-8-19/h2-15H,16-17H2,1H3,(H,29,33)/b13-10+. The van der Waals surface area contributed by atoms with Gasteiger partial charge in [-0.25, -0.2) is 0 Å². The van der Waals surface area contributed by atoms with Gasteiger partial charge in [0.2, 0.25) is 5.91 Å². The minimum atomic E-state index is -0.232. The number of amides is 1. The molecule has 172 valence electrons. The van der Waals surface area contributed by atoms with E-state index in [0.717, 1.165) is 5.56 Å². The van der Waals surface area contributed by atoms with Gasteiger partial charge < -0.3 is 5.32 Å². The number of carbonyl (C=O) groups excluding carboxylic acids is 1. The molecule has 0 spiro atoms. The number of hydrogen-bond donors (Lipinski definition) is 1. The number of aromatic nitrogens is 3. The Bertz CT molecular complexity index is 1320. The van der Waals surface area contributed by atoms with Crippen LogP contribution < -0.4 is 5.32 Å². The number of benzene rings is 3. The molecule has 8 heteroatoms. The summed E-state index contributed by atoms with van der Waals surface area (Å²) in [5.41, 5.74) is 3.98. The summed E-state index contributed by atoms with van der Waals surface area (Å²) >= 11 is 14.3. The summed E-state index contributed by atoms with van der Waals surface area (Å²) in [6.45, 7) is 2.24. The maximum atomic E-state index is 12.4. The van der Waals surface area contributed by atoms with E-state index in [-0.39, 0.29) is 12.5 Å². The Morgan fingerprint density at radius 2 is 1.85 bits per heavy atom. The third-order valence-corrected chi connectivity index (χ3v) is 6.50. The number of rotatable bonds is 8. The van der Waals surface area contributed by atoms with Crippen molar-refractivity contribution in [3.8, 4) is 5.69 Å². The van der Waals surface area contributed by atoms with E-state index in [1.807, 2.05) is 41.0 Å². The summed E-state index contributed by atoms with van der Waals surface area (Å²) in [6, 6.07) is 23.2. The molecule has 0 unspecified atom stereocenters. The first kappa shape index (κ1) is 24.1. The lowest BCUT2D eigenvalue weighted by molar-refractivity contribution is -0.116. The Hall–Kier alpha value is -3.06. The van der Waals surface area contributed by atoms with Crippen molar-refractivity contribution in [3.63, 3.8) is 0 Å². The van der Waals surface area contributed by atoms with E-state index in [1.54, 1.807) is 36.0 Å². The van der Waals surface area contributed by atoms with Gasteiger partial charge in [0, 0.05) is 16.9 Å². The molecule has 0 aliphatic heterocycles. The van der Waals surface area contributed by atoms with Crippen LogP contribution in [0.3, 0.4) is 0 Å². The van der Waals surface area contributed by atoms with E-state index >= 15 is 0 Å². The summed E-state index contributed by atoms with van der Waals surface area (Å²) in [5.74, 6) is 1.03. The van der Waals surface area contributed by atoms with E-state index in [4.69, 9.17) is 23.2 Å². The molecule has 5 nitrogen and oxygen atoms in total. The van der Waals surface area contributed by atoms with Crippen LogP contribution in [0.2, 0.25) is 10.0 Å². The second kappa shape index (κ2) is 11.4. The van der Waals surface area contributed by atoms with E-state index in [0.29, 0.717) is 32.5 Å². The molecule has 0 aliphatic carbocycles. The first-order valence-electron chi connectivity index (χ1n) is 10.6. The SMILES string of the molecule is Cc1cccc(CSc2nnc(CNC(=O)/C=C/c3ccccc3)n2-c2cc(Cl)ccc2Cl)c1. The first-order chi connectivity index (χ1) is 16.5. The fourth-order valence-corrected chi connectivity index (χ4v) is 4.59. The van der Waals surface area contributed by atoms with Crippen LogP contribution in [0.1, 0.15) is 22.5 Å². The maximum absolute atomic E-state index is 12.4. The van der Waals surface area contributed by atoms with Gasteiger partial charge in [0.15, 0.2) is 11.0 Å². The van der Waals surface area contributed by atoms with E-state index < -0.39 is 0 Å². The largest absolute Gasteiger partial charge is 0.345 e. The number of thioether (sulfide) groups is 1. The van der Waals surface area contributed by atoms with Crippen LogP contribution in [0.4, 0.5) is 0 Å². The summed E-state index contributed by atoms with van der Waals surface area (Å²) in [7, 11) is 0. The second-order valence-corrected chi connectivity index (χ2v) is 9.36. The van der Waals surface area contributed by atoms with Crippen LogP contribution >= 0.6 is 35.0 Å². The zero-order valence-electron chi connectivity index (χ0n) is 18.4. The Balaban J connectivity index is 1.56. The van der Waals surface area contributed by atoms with Gasteiger partial charge in [0.1, 0.15) is 0 Å². The van der Waals surface area contributed by atoms with Crippen LogP contribution in [0.15, 0.2) is 84.0 Å². The normalized spacial score (nSPS) is 11.1. The highest BCUT2D eigenvalue weighted by molar-refractivity contribution is 7.98. The fraction of sp³-hybridized carbons (Fsp3) is 0.115. The molecule has 0 fully saturated rings. The smallest absolute Gasteiger partial charge is 0.244 e. The van der Waals surface area contributed by atoms with E-state index in [1.165, 1.54) is 17.2 Å². The van der Waals surface area contributed by atoms with Crippen LogP contribution in [0, 0.1) is 6.92 Å². The Morgan fingerprint density at radius 1 is 1.03 bits per heavy atom. The molecule has 4 rings (SSSR count). The van der Waals surface area contributed by atoms with Gasteiger partial charge in [-0.2, -0.15) is 0 Å². The van der Waals surface area contributed by atoms with Crippen molar-refractivity contribution in [2.45, 2.75) is 24.4 Å². The van der Waals surface area contributed by atoms with Crippen LogP contribution in [-0.2, 0) is 17.1 Å². The topological polar surface area (TPSA) is 59.8 Å². The Morgan fingerprint density at radius 3 is 2.65 bits per heavy atom. The third kappa shape index (κ3) is 6.29. The minimum Gasteiger partial charge on any atom is -0.345 e. The maximum Gasteiger partial charge on any atom is 0.244 e. The molecule has 1 heterocycles. The molecule has 1 amide bonds. The average Bonchev–Trinajstić information content (AvgIpc) is 3.25. The monoisotopic (exact) mass is 508 g/mol. The molecule has 0 radical (unpaired) electrons. The van der Waals surface area contributed by atoms with Crippen molar-refractivity contribution in [2.75, 3.05) is 0 Å². The van der Waals surface area contributed by atoms with E-state index in [2.05, 4.69) is 40.6 Å². The molecule has 34 heavy (non-hydrogen) atoms. The highest BCUT2D eigenvalue weighted by Crippen LogP contribution is 2.31. The number of hydrogen-bond acceptors (Lipinski definition) is 4. The van der Waals surface area contributed by atoms with Gasteiger partial charge >= 0.3 is 0 Å². The van der Waals surface area contributed by atoms with Crippen molar-refractivity contribution < 1.29 is 4.79 Å². The molecule has 0 saturated heterocycles. The Labute approximate surface area is 212 Å². The first-order valence-corrected chi connectivity index (χ1v) is 12.3. The van der Waals surface area contributed by atoms with Crippen LogP contribution in [-0.4, -0.2) is 20.7 Å². The minimum absolute atomic E-state index is 0.179. The number of halogens is 2. The highest BCUT2D eigenvalue weighted by Gasteiger charge is 2.18. The highest BCUT2D eigenvalue weighted by atomic mass is 35.5. The van der Waals surface area contributed by atoms with Gasteiger partial charge in [-0.3, -0.25) is 9.36 Å². The van der Waals surface area contributed by atoms with Crippen molar-refractivity contribution in [1.29, 1.82) is 0 Å². The average molecular weight is 509 g/mol. The van der Waals surface area contributed by atoms with Gasteiger partial charge in [-0.05, 0) is 42.3 Å². The molecule has 0 atom stereocenters. The number of nitrogens with one attached hydrogen (secondary N) is 1. The molecule has 4 aromatic rings. The number of nitrogens with zero attached hydrogens (tertiary/aromatic N) is 3. The Kier molecular flexibility index (Phi) is 8.06. The van der Waals surface area contributed by atoms with Gasteiger partial charge in [-0.15, -0.1) is 10.2 Å². The molecule has 3 aromatic carbocycles. The lowest BCUT2D eigenvalue weighted by atomic mass is 10.2. The van der Waals surface area contributed by atoms with Crippen molar-refractivity contribution in [1.82, 2.24) is 20.1 Å². The lowest BCUT2D eigenvalue weighted by Crippen LogP contribution is -2.22. The predicted molar refractivity (Wildman–Crippen MR) is 139 cm³/mol. The quantitative estimate of drug-likeness (QED) is 0.218. The zero-order valence-corrected chi connectivity index (χ0v) is 20.7. The molecule has 0 saturated carbocycles. The fourth-order valence-electron chi connectivity index (χ4n) is 3.32. The van der Waals surface area contributed by atoms with Crippen molar-refractivity contribution in [3.05, 3.63) is 111 Å². The van der Waals surface area contributed by atoms with E-state index in [9.17, 15) is 4.79 Å². The van der Waals surface area contributed by atoms with Gasteiger partial charge in [0.25, 0.3) is 0 Å². The molecular formula is C26H22Cl2N4OS. The third-order valence-electron chi connectivity index (χ3n) is 4.95. The molecule has 0 aliphatic rings. The molecule has 1 aromatic heterocycles. The zero-order chi connectivity index (χ0) is 23.9. The van der Waals surface area contributed by atoms with Crippen LogP contribution in [0.5, 0.6) is 0 Å². The summed E-state index contributed by atoms with van der Waals surface area (Å²) in [6.07, 6.45) is 3.26. The predicted octanol–water partition coefficient (Wildman–Crippen LogP) is 6.50. The summed E-state index contributed by atoms with van der Waals surface area (Å²) < 4.78 is 1.84. The number of aryl methyl sites for hydroxylation is 1. The molecular weight excluding hydrogens is 487 g/mol. The second-order valence-electron chi connectivity index (χ2n) is 7.57. The number of carbonyl (C=O) groups is 1. The van der Waals surface area contributed by atoms with Crippen molar-refractivity contribution >= 4 is 46.9 Å². The molecule has 1 N–H and O–H groups in total. The van der Waals surface area contributed by atoms with Crippen LogP contribution in [0.25, 0.3) is 11.8 Å². The summed E-state index contributed by atoms with van der Waals surface area (Å²) in [5, 5.41) is 13.3. The lowest BCUT2D eigenvalue weighted by Gasteiger charge is -2.13. The van der Waals surface area contributed by atoms with Gasteiger partial charge in [-0.1, -0.05) is 95.1 Å².